The number of carbonyl (C=O) groups is 2. The van der Waals surface area contributed by atoms with Crippen LogP contribution >= 0.6 is 23.4 Å². The molecule has 3 nitrogen and oxygen atoms in total. The van der Waals surface area contributed by atoms with E-state index in [1.165, 1.54) is 11.8 Å². The molecule has 1 heterocycles. The van der Waals surface area contributed by atoms with Crippen LogP contribution in [-0.2, 0) is 11.2 Å². The molecule has 3 rings (SSSR count). The molecule has 22 heavy (non-hydrogen) atoms. The average molecular weight is 332 g/mol. The van der Waals surface area contributed by atoms with E-state index in [1.807, 2.05) is 24.3 Å². The number of hydrogen-bond acceptors (Lipinski definition) is 3. The van der Waals surface area contributed by atoms with Gasteiger partial charge in [-0.1, -0.05) is 35.5 Å². The summed E-state index contributed by atoms with van der Waals surface area (Å²) >= 11 is 7.75. The maximum absolute atomic E-state index is 12.6. The molecule has 1 amide bonds. The summed E-state index contributed by atoms with van der Waals surface area (Å²) in [6, 6.07) is 11.2. The Morgan fingerprint density at radius 1 is 1.27 bits per heavy atom. The lowest BCUT2D eigenvalue weighted by molar-refractivity contribution is -0.119. The van der Waals surface area contributed by atoms with Crippen molar-refractivity contribution in [1.29, 1.82) is 0 Å². The van der Waals surface area contributed by atoms with Crippen LogP contribution in [0.5, 0.6) is 0 Å². The largest absolute Gasteiger partial charge is 0.369 e. The highest BCUT2D eigenvalue weighted by Crippen LogP contribution is 2.40. The summed E-state index contributed by atoms with van der Waals surface area (Å²) < 4.78 is 0. The maximum atomic E-state index is 12.6. The number of carbonyl (C=O) groups excluding carboxylic acids is 2. The number of Topliss-reactive ketones (excluding diaryl/α,β-unsaturated/α-hetero) is 1. The molecule has 0 bridgehead atoms. The predicted molar refractivity (Wildman–Crippen MR) is 87.7 cm³/mol. The molecule has 2 aromatic rings. The molecule has 1 unspecified atom stereocenters. The summed E-state index contributed by atoms with van der Waals surface area (Å²) in [6.07, 6.45) is 0.267. The van der Waals surface area contributed by atoms with E-state index in [4.69, 9.17) is 17.3 Å². The second-order valence-corrected chi connectivity index (χ2v) is 6.79. The van der Waals surface area contributed by atoms with Crippen LogP contribution in [0.15, 0.2) is 46.2 Å². The van der Waals surface area contributed by atoms with E-state index in [2.05, 4.69) is 0 Å². The van der Waals surface area contributed by atoms with Gasteiger partial charge in [0.05, 0.1) is 5.92 Å². The lowest BCUT2D eigenvalue weighted by atomic mass is 9.95. The number of fused-ring (bicyclic) bond motifs is 2. The van der Waals surface area contributed by atoms with Crippen LogP contribution in [0.2, 0.25) is 5.02 Å². The first kappa shape index (κ1) is 15.1. The fraction of sp³-hybridized carbons (Fsp3) is 0.176. The van der Waals surface area contributed by atoms with E-state index < -0.39 is 11.8 Å². The van der Waals surface area contributed by atoms with Gasteiger partial charge in [-0.15, -0.1) is 0 Å². The number of primary amides is 1. The highest BCUT2D eigenvalue weighted by molar-refractivity contribution is 7.99. The second-order valence-electron chi connectivity index (χ2n) is 5.30. The minimum atomic E-state index is -0.419. The van der Waals surface area contributed by atoms with Gasteiger partial charge < -0.3 is 5.73 Å². The second kappa shape index (κ2) is 5.78. The molecule has 1 atom stereocenters. The van der Waals surface area contributed by atoms with Gasteiger partial charge in [0.15, 0.2) is 5.78 Å². The van der Waals surface area contributed by atoms with Crippen molar-refractivity contribution in [1.82, 2.24) is 0 Å². The minimum absolute atomic E-state index is 0.00729. The molecule has 112 valence electrons. The van der Waals surface area contributed by atoms with Crippen molar-refractivity contribution in [3.05, 3.63) is 58.1 Å². The smallest absolute Gasteiger partial charge is 0.224 e. The van der Waals surface area contributed by atoms with Crippen LogP contribution in [0.1, 0.15) is 34.3 Å². The van der Waals surface area contributed by atoms with Crippen molar-refractivity contribution in [2.24, 2.45) is 5.73 Å². The van der Waals surface area contributed by atoms with Crippen molar-refractivity contribution >= 4 is 35.1 Å². The van der Waals surface area contributed by atoms with Crippen LogP contribution in [-0.4, -0.2) is 11.7 Å². The molecule has 0 radical (unpaired) electrons. The van der Waals surface area contributed by atoms with E-state index in [0.717, 1.165) is 20.9 Å². The van der Waals surface area contributed by atoms with Crippen molar-refractivity contribution in [3.8, 4) is 0 Å². The molecule has 0 spiro atoms. The van der Waals surface area contributed by atoms with Gasteiger partial charge in [0.25, 0.3) is 0 Å². The van der Waals surface area contributed by atoms with E-state index in [0.29, 0.717) is 10.6 Å². The molecule has 0 fully saturated rings. The number of halogens is 1. The fourth-order valence-corrected chi connectivity index (χ4v) is 3.87. The van der Waals surface area contributed by atoms with Crippen molar-refractivity contribution in [2.75, 3.05) is 0 Å². The Morgan fingerprint density at radius 3 is 2.77 bits per heavy atom. The lowest BCUT2D eigenvalue weighted by Gasteiger charge is -2.11. The quantitative estimate of drug-likeness (QED) is 0.910. The monoisotopic (exact) mass is 331 g/mol. The number of benzene rings is 2. The van der Waals surface area contributed by atoms with Gasteiger partial charge in [0, 0.05) is 26.8 Å². The SMILES string of the molecule is CC(C(N)=O)c1ccc2c(c1)C(=O)Cc1c(Cl)cccc1S2. The molecule has 1 aliphatic rings. The minimum Gasteiger partial charge on any atom is -0.369 e. The zero-order valence-electron chi connectivity index (χ0n) is 11.9. The van der Waals surface area contributed by atoms with Gasteiger partial charge in [-0.05, 0) is 42.3 Å². The van der Waals surface area contributed by atoms with Crippen LogP contribution < -0.4 is 5.73 Å². The third kappa shape index (κ3) is 2.64. The summed E-state index contributed by atoms with van der Waals surface area (Å²) in [6.45, 7) is 1.74. The Hall–Kier alpha value is -1.78. The molecule has 0 aliphatic carbocycles. The highest BCUT2D eigenvalue weighted by atomic mass is 35.5. The standard InChI is InChI=1S/C17H14ClNO2S/c1-9(17(19)21)10-5-6-16-12(7-10)14(20)8-11-13(18)3-2-4-15(11)22-16/h2-7,9H,8H2,1H3,(H2,19,21). The van der Waals surface area contributed by atoms with Crippen LogP contribution in [0.4, 0.5) is 0 Å². The third-order valence-electron chi connectivity index (χ3n) is 3.86. The zero-order chi connectivity index (χ0) is 15.9. The van der Waals surface area contributed by atoms with Crippen molar-refractivity contribution in [3.63, 3.8) is 0 Å². The first-order valence-electron chi connectivity index (χ1n) is 6.89. The van der Waals surface area contributed by atoms with Gasteiger partial charge >= 0.3 is 0 Å². The summed E-state index contributed by atoms with van der Waals surface area (Å²) in [5.74, 6) is -0.815. The fourth-order valence-electron chi connectivity index (χ4n) is 2.47. The molecule has 5 heteroatoms. The number of nitrogens with two attached hydrogens (primary N) is 1. The molecular weight excluding hydrogens is 318 g/mol. The molecule has 1 aliphatic heterocycles. The van der Waals surface area contributed by atoms with E-state index in [-0.39, 0.29) is 12.2 Å². The molecule has 2 aromatic carbocycles. The lowest BCUT2D eigenvalue weighted by Crippen LogP contribution is -2.19. The number of hydrogen-bond donors (Lipinski definition) is 1. The van der Waals surface area contributed by atoms with E-state index >= 15 is 0 Å². The maximum Gasteiger partial charge on any atom is 0.224 e. The van der Waals surface area contributed by atoms with Crippen molar-refractivity contribution < 1.29 is 9.59 Å². The normalized spacial score (nSPS) is 14.7. The predicted octanol–water partition coefficient (Wildman–Crippen LogP) is 3.82. The Morgan fingerprint density at radius 2 is 2.05 bits per heavy atom. The summed E-state index contributed by atoms with van der Waals surface area (Å²) in [4.78, 5) is 25.8. The molecule has 0 saturated heterocycles. The zero-order valence-corrected chi connectivity index (χ0v) is 13.5. The van der Waals surface area contributed by atoms with Gasteiger partial charge in [-0.25, -0.2) is 0 Å². The van der Waals surface area contributed by atoms with E-state index in [9.17, 15) is 9.59 Å². The summed E-state index contributed by atoms with van der Waals surface area (Å²) in [5, 5.41) is 0.608. The molecular formula is C17H14ClNO2S. The van der Waals surface area contributed by atoms with Gasteiger partial charge in [-0.2, -0.15) is 0 Å². The van der Waals surface area contributed by atoms with Gasteiger partial charge in [-0.3, -0.25) is 9.59 Å². The Kier molecular flexibility index (Phi) is 3.98. The Labute approximate surface area is 137 Å². The van der Waals surface area contributed by atoms with E-state index in [1.54, 1.807) is 19.1 Å². The highest BCUT2D eigenvalue weighted by Gasteiger charge is 2.23. The first-order chi connectivity index (χ1) is 10.5. The van der Waals surface area contributed by atoms with Gasteiger partial charge in [0.2, 0.25) is 5.91 Å². The number of ketones is 1. The van der Waals surface area contributed by atoms with Crippen LogP contribution in [0.3, 0.4) is 0 Å². The Balaban J connectivity index is 2.08. The Bertz CT molecular complexity index is 788. The van der Waals surface area contributed by atoms with Gasteiger partial charge in [0.1, 0.15) is 0 Å². The first-order valence-corrected chi connectivity index (χ1v) is 8.08. The topological polar surface area (TPSA) is 60.2 Å². The van der Waals surface area contributed by atoms with Crippen molar-refractivity contribution in [2.45, 2.75) is 29.1 Å². The molecule has 0 saturated carbocycles. The summed E-state index contributed by atoms with van der Waals surface area (Å²) in [5.41, 5.74) is 7.60. The van der Waals surface area contributed by atoms with Crippen LogP contribution in [0, 0.1) is 0 Å². The average Bonchev–Trinajstić information content (AvgIpc) is 2.63. The molecule has 0 aromatic heterocycles. The van der Waals surface area contributed by atoms with Crippen LogP contribution in [0.25, 0.3) is 0 Å². The number of rotatable bonds is 2. The summed E-state index contributed by atoms with van der Waals surface area (Å²) in [7, 11) is 0. The molecule has 2 N–H and O–H groups in total. The number of amides is 1. The third-order valence-corrected chi connectivity index (χ3v) is 5.40.